The molecule has 0 radical (unpaired) electrons. The molecular formula is C12H11ClN2O. The molecule has 1 aromatic heterocycles. The van der Waals surface area contributed by atoms with Gasteiger partial charge in [-0.05, 0) is 35.4 Å². The molecule has 3 nitrogen and oxygen atoms in total. The normalized spacial score (nSPS) is 10.1. The number of anilines is 1. The van der Waals surface area contributed by atoms with E-state index in [1.165, 1.54) is 0 Å². The minimum absolute atomic E-state index is 0.492. The second kappa shape index (κ2) is 4.41. The zero-order valence-electron chi connectivity index (χ0n) is 8.77. The second-order valence-corrected chi connectivity index (χ2v) is 3.73. The molecule has 0 saturated heterocycles. The summed E-state index contributed by atoms with van der Waals surface area (Å²) in [4.78, 5) is 3.95. The Morgan fingerprint density at radius 1 is 1.19 bits per heavy atom. The monoisotopic (exact) mass is 234 g/mol. The third-order valence-corrected chi connectivity index (χ3v) is 2.58. The SMILES string of the molecule is COc1cc(-c2ccnc(N)c2)ccc1Cl. The first-order valence-corrected chi connectivity index (χ1v) is 5.14. The first-order valence-electron chi connectivity index (χ1n) is 4.76. The van der Waals surface area contributed by atoms with E-state index in [1.54, 1.807) is 19.4 Å². The van der Waals surface area contributed by atoms with Crippen molar-refractivity contribution in [3.63, 3.8) is 0 Å². The Labute approximate surface area is 98.8 Å². The van der Waals surface area contributed by atoms with Crippen molar-refractivity contribution in [3.05, 3.63) is 41.6 Å². The van der Waals surface area contributed by atoms with E-state index in [0.717, 1.165) is 11.1 Å². The quantitative estimate of drug-likeness (QED) is 0.869. The molecule has 0 aliphatic carbocycles. The molecular weight excluding hydrogens is 224 g/mol. The Bertz CT molecular complexity index is 514. The van der Waals surface area contributed by atoms with Gasteiger partial charge >= 0.3 is 0 Å². The molecule has 2 N–H and O–H groups in total. The largest absolute Gasteiger partial charge is 0.495 e. The lowest BCUT2D eigenvalue weighted by atomic mass is 10.1. The molecule has 0 atom stereocenters. The van der Waals surface area contributed by atoms with Gasteiger partial charge in [0, 0.05) is 6.20 Å². The Morgan fingerprint density at radius 2 is 1.94 bits per heavy atom. The third-order valence-electron chi connectivity index (χ3n) is 2.27. The minimum Gasteiger partial charge on any atom is -0.495 e. The van der Waals surface area contributed by atoms with E-state index in [2.05, 4.69) is 4.98 Å². The van der Waals surface area contributed by atoms with Gasteiger partial charge in [0.25, 0.3) is 0 Å². The summed E-state index contributed by atoms with van der Waals surface area (Å²) in [6.45, 7) is 0. The maximum absolute atomic E-state index is 5.95. The van der Waals surface area contributed by atoms with Crippen molar-refractivity contribution in [2.75, 3.05) is 12.8 Å². The maximum Gasteiger partial charge on any atom is 0.138 e. The van der Waals surface area contributed by atoms with Crippen molar-refractivity contribution < 1.29 is 4.74 Å². The fraction of sp³-hybridized carbons (Fsp3) is 0.0833. The van der Waals surface area contributed by atoms with E-state index in [0.29, 0.717) is 16.6 Å². The van der Waals surface area contributed by atoms with Gasteiger partial charge in [0.1, 0.15) is 11.6 Å². The van der Waals surface area contributed by atoms with E-state index < -0.39 is 0 Å². The lowest BCUT2D eigenvalue weighted by molar-refractivity contribution is 0.415. The summed E-state index contributed by atoms with van der Waals surface area (Å²) in [6.07, 6.45) is 1.67. The molecule has 1 heterocycles. The number of hydrogen-bond acceptors (Lipinski definition) is 3. The zero-order valence-corrected chi connectivity index (χ0v) is 9.53. The molecule has 0 aliphatic rings. The lowest BCUT2D eigenvalue weighted by Gasteiger charge is -2.06. The van der Waals surface area contributed by atoms with Crippen LogP contribution in [0.2, 0.25) is 5.02 Å². The second-order valence-electron chi connectivity index (χ2n) is 3.32. The molecule has 0 amide bonds. The molecule has 0 fully saturated rings. The van der Waals surface area contributed by atoms with Crippen LogP contribution in [0.4, 0.5) is 5.82 Å². The lowest BCUT2D eigenvalue weighted by Crippen LogP contribution is -1.90. The van der Waals surface area contributed by atoms with Gasteiger partial charge in [-0.25, -0.2) is 4.98 Å². The van der Waals surface area contributed by atoms with Crippen LogP contribution in [-0.2, 0) is 0 Å². The number of nitrogens with two attached hydrogens (primary N) is 1. The summed E-state index contributed by atoms with van der Waals surface area (Å²) in [6, 6.07) is 9.28. The van der Waals surface area contributed by atoms with Crippen molar-refractivity contribution in [3.8, 4) is 16.9 Å². The first-order chi connectivity index (χ1) is 7.70. The van der Waals surface area contributed by atoms with E-state index in [9.17, 15) is 0 Å². The fourth-order valence-electron chi connectivity index (χ4n) is 1.47. The van der Waals surface area contributed by atoms with Crippen molar-refractivity contribution >= 4 is 17.4 Å². The van der Waals surface area contributed by atoms with Crippen molar-refractivity contribution in [1.82, 2.24) is 4.98 Å². The van der Waals surface area contributed by atoms with Gasteiger partial charge in [-0.15, -0.1) is 0 Å². The maximum atomic E-state index is 5.95. The van der Waals surface area contributed by atoms with Gasteiger partial charge in [-0.2, -0.15) is 0 Å². The number of aromatic nitrogens is 1. The molecule has 2 aromatic rings. The summed E-state index contributed by atoms with van der Waals surface area (Å²) >= 11 is 5.95. The minimum atomic E-state index is 0.492. The smallest absolute Gasteiger partial charge is 0.138 e. The predicted molar refractivity (Wildman–Crippen MR) is 65.6 cm³/mol. The number of nitrogens with zero attached hydrogens (tertiary/aromatic N) is 1. The zero-order chi connectivity index (χ0) is 11.5. The van der Waals surface area contributed by atoms with Crippen LogP contribution < -0.4 is 10.5 Å². The number of ether oxygens (including phenoxy) is 1. The standard InChI is InChI=1S/C12H11ClN2O/c1-16-11-6-8(2-3-10(11)13)9-4-5-15-12(14)7-9/h2-7H,1H3,(H2,14,15). The van der Waals surface area contributed by atoms with Gasteiger partial charge in [-0.3, -0.25) is 0 Å². The highest BCUT2D eigenvalue weighted by molar-refractivity contribution is 6.32. The predicted octanol–water partition coefficient (Wildman–Crippen LogP) is 2.99. The number of halogens is 1. The number of pyridine rings is 1. The molecule has 0 unspecified atom stereocenters. The number of rotatable bonds is 2. The molecule has 2 rings (SSSR count). The molecule has 16 heavy (non-hydrogen) atoms. The highest BCUT2D eigenvalue weighted by atomic mass is 35.5. The summed E-state index contributed by atoms with van der Waals surface area (Å²) in [5.74, 6) is 1.14. The molecule has 82 valence electrons. The summed E-state index contributed by atoms with van der Waals surface area (Å²) < 4.78 is 5.16. The van der Waals surface area contributed by atoms with Crippen LogP contribution in [0.5, 0.6) is 5.75 Å². The molecule has 0 bridgehead atoms. The highest BCUT2D eigenvalue weighted by Gasteiger charge is 2.04. The van der Waals surface area contributed by atoms with Gasteiger partial charge in [-0.1, -0.05) is 17.7 Å². The van der Waals surface area contributed by atoms with Crippen LogP contribution in [0.1, 0.15) is 0 Å². The Kier molecular flexibility index (Phi) is 2.97. The molecule has 0 saturated carbocycles. The van der Waals surface area contributed by atoms with Crippen LogP contribution in [0.3, 0.4) is 0 Å². The average Bonchev–Trinajstić information content (AvgIpc) is 2.29. The van der Waals surface area contributed by atoms with Crippen molar-refractivity contribution in [1.29, 1.82) is 0 Å². The van der Waals surface area contributed by atoms with Crippen molar-refractivity contribution in [2.45, 2.75) is 0 Å². The van der Waals surface area contributed by atoms with Gasteiger partial charge in [0.05, 0.1) is 12.1 Å². The summed E-state index contributed by atoms with van der Waals surface area (Å²) in [7, 11) is 1.59. The number of methoxy groups -OCH3 is 1. The van der Waals surface area contributed by atoms with Gasteiger partial charge in [0.2, 0.25) is 0 Å². The van der Waals surface area contributed by atoms with Gasteiger partial charge in [0.15, 0.2) is 0 Å². The van der Waals surface area contributed by atoms with E-state index in [1.807, 2.05) is 24.3 Å². The number of nitrogen functional groups attached to an aromatic ring is 1. The van der Waals surface area contributed by atoms with E-state index >= 15 is 0 Å². The first kappa shape index (κ1) is 10.8. The molecule has 4 heteroatoms. The molecule has 1 aromatic carbocycles. The Hall–Kier alpha value is -1.74. The van der Waals surface area contributed by atoms with E-state index in [-0.39, 0.29) is 0 Å². The fourth-order valence-corrected chi connectivity index (χ4v) is 1.66. The van der Waals surface area contributed by atoms with Crippen molar-refractivity contribution in [2.24, 2.45) is 0 Å². The summed E-state index contributed by atoms with van der Waals surface area (Å²) in [5, 5.41) is 0.591. The highest BCUT2D eigenvalue weighted by Crippen LogP contribution is 2.30. The number of benzene rings is 1. The number of hydrogen-bond donors (Lipinski definition) is 1. The molecule has 0 spiro atoms. The summed E-state index contributed by atoms with van der Waals surface area (Å²) in [5.41, 5.74) is 7.61. The van der Waals surface area contributed by atoms with Crippen LogP contribution in [0.15, 0.2) is 36.5 Å². The van der Waals surface area contributed by atoms with Gasteiger partial charge < -0.3 is 10.5 Å². The van der Waals surface area contributed by atoms with Crippen LogP contribution in [0.25, 0.3) is 11.1 Å². The third kappa shape index (κ3) is 2.09. The van der Waals surface area contributed by atoms with Crippen LogP contribution in [0, 0.1) is 0 Å². The molecule has 0 aliphatic heterocycles. The van der Waals surface area contributed by atoms with Crippen LogP contribution in [-0.4, -0.2) is 12.1 Å². The average molecular weight is 235 g/mol. The Balaban J connectivity index is 2.48. The topological polar surface area (TPSA) is 48.1 Å². The van der Waals surface area contributed by atoms with Crippen LogP contribution >= 0.6 is 11.6 Å². The van der Waals surface area contributed by atoms with E-state index in [4.69, 9.17) is 22.1 Å². The Morgan fingerprint density at radius 3 is 2.62 bits per heavy atom.